The molecule has 0 radical (unpaired) electrons. The Balaban J connectivity index is 2.14. The number of carbonyl (C=O) groups is 1. The lowest BCUT2D eigenvalue weighted by molar-refractivity contribution is 0.0696. The summed E-state index contributed by atoms with van der Waals surface area (Å²) in [6, 6.07) is 6.29. The van der Waals surface area contributed by atoms with Crippen molar-refractivity contribution >= 4 is 21.9 Å². The Bertz CT molecular complexity index is 561. The van der Waals surface area contributed by atoms with Gasteiger partial charge in [0.05, 0.1) is 10.0 Å². The minimum absolute atomic E-state index is 0.169. The number of aromatic carboxylic acids is 1. The van der Waals surface area contributed by atoms with E-state index in [4.69, 9.17) is 9.84 Å². The molecule has 1 N–H and O–H groups in total. The van der Waals surface area contributed by atoms with Crippen molar-refractivity contribution in [1.29, 1.82) is 0 Å². The summed E-state index contributed by atoms with van der Waals surface area (Å²) in [4.78, 5) is 18.9. The highest BCUT2D eigenvalue weighted by Crippen LogP contribution is 2.26. The predicted octanol–water partition coefficient (Wildman–Crippen LogP) is 2.52. The van der Waals surface area contributed by atoms with Crippen LogP contribution in [0.25, 0.3) is 0 Å². The Morgan fingerprint density at radius 2 is 2.06 bits per heavy atom. The topological polar surface area (TPSA) is 72.3 Å². The second-order valence-corrected chi connectivity index (χ2v) is 4.26. The number of ether oxygens (including phenoxy) is 1. The summed E-state index contributed by atoms with van der Waals surface area (Å²) >= 11 is 3.29. The molecule has 0 saturated heterocycles. The molecule has 0 aliphatic rings. The van der Waals surface area contributed by atoms with Crippen LogP contribution in [-0.4, -0.2) is 21.0 Å². The molecule has 1 aromatic carbocycles. The number of benzene rings is 1. The van der Waals surface area contributed by atoms with E-state index in [2.05, 4.69) is 25.9 Å². The molecule has 0 unspecified atom stereocenters. The fourth-order valence-corrected chi connectivity index (χ4v) is 1.65. The Labute approximate surface area is 112 Å². The third-order valence-electron chi connectivity index (χ3n) is 2.15. The van der Waals surface area contributed by atoms with Crippen LogP contribution in [0.15, 0.2) is 41.1 Å². The summed E-state index contributed by atoms with van der Waals surface area (Å²) < 4.78 is 6.16. The van der Waals surface area contributed by atoms with Crippen molar-refractivity contribution in [3.8, 4) is 5.75 Å². The Morgan fingerprint density at radius 3 is 2.72 bits per heavy atom. The highest BCUT2D eigenvalue weighted by Gasteiger charge is 2.08. The summed E-state index contributed by atoms with van der Waals surface area (Å²) in [7, 11) is 0. The van der Waals surface area contributed by atoms with Crippen molar-refractivity contribution in [2.75, 3.05) is 0 Å². The number of aromatic nitrogens is 2. The first kappa shape index (κ1) is 12.5. The number of nitrogens with zero attached hydrogens (tertiary/aromatic N) is 2. The van der Waals surface area contributed by atoms with Crippen LogP contribution in [0.3, 0.4) is 0 Å². The Kier molecular flexibility index (Phi) is 3.88. The van der Waals surface area contributed by atoms with Crippen LogP contribution >= 0.6 is 15.9 Å². The molecule has 6 heteroatoms. The standard InChI is InChI=1S/C12H9BrN2O3/c13-9-3-2-8(12(16)17)6-10(9)18-7-11-14-4-1-5-15-11/h1-6H,7H2,(H,16,17). The van der Waals surface area contributed by atoms with Gasteiger partial charge in [-0.25, -0.2) is 14.8 Å². The van der Waals surface area contributed by atoms with E-state index in [-0.39, 0.29) is 12.2 Å². The van der Waals surface area contributed by atoms with Gasteiger partial charge in [-0.15, -0.1) is 0 Å². The van der Waals surface area contributed by atoms with Gasteiger partial charge < -0.3 is 9.84 Å². The fraction of sp³-hybridized carbons (Fsp3) is 0.0833. The van der Waals surface area contributed by atoms with Crippen LogP contribution in [0.2, 0.25) is 0 Å². The molecule has 0 amide bonds. The van der Waals surface area contributed by atoms with E-state index in [9.17, 15) is 4.79 Å². The number of halogens is 1. The molecule has 0 aliphatic heterocycles. The van der Waals surface area contributed by atoms with Crippen LogP contribution < -0.4 is 4.74 Å². The molecular weight excluding hydrogens is 300 g/mol. The van der Waals surface area contributed by atoms with E-state index in [0.29, 0.717) is 16.0 Å². The lowest BCUT2D eigenvalue weighted by Gasteiger charge is -2.07. The molecule has 18 heavy (non-hydrogen) atoms. The molecule has 2 rings (SSSR count). The van der Waals surface area contributed by atoms with Gasteiger partial charge in [0, 0.05) is 12.4 Å². The number of hydrogen-bond acceptors (Lipinski definition) is 4. The molecule has 1 aromatic heterocycles. The van der Waals surface area contributed by atoms with E-state index >= 15 is 0 Å². The van der Waals surface area contributed by atoms with Gasteiger partial charge in [-0.1, -0.05) is 0 Å². The first-order chi connectivity index (χ1) is 8.66. The first-order valence-corrected chi connectivity index (χ1v) is 5.87. The van der Waals surface area contributed by atoms with Crippen molar-refractivity contribution in [2.45, 2.75) is 6.61 Å². The van der Waals surface area contributed by atoms with Gasteiger partial charge in [-0.05, 0) is 40.2 Å². The maximum absolute atomic E-state index is 10.8. The molecule has 0 saturated carbocycles. The maximum atomic E-state index is 10.8. The van der Waals surface area contributed by atoms with E-state index in [1.165, 1.54) is 12.1 Å². The van der Waals surface area contributed by atoms with Gasteiger partial charge in [0.1, 0.15) is 12.4 Å². The molecule has 92 valence electrons. The lowest BCUT2D eigenvalue weighted by atomic mass is 10.2. The SMILES string of the molecule is O=C(O)c1ccc(Br)c(OCc2ncccn2)c1. The van der Waals surface area contributed by atoms with Gasteiger partial charge in [0.15, 0.2) is 5.82 Å². The highest BCUT2D eigenvalue weighted by atomic mass is 79.9. The minimum atomic E-state index is -0.997. The molecule has 0 bridgehead atoms. The molecule has 5 nitrogen and oxygen atoms in total. The van der Waals surface area contributed by atoms with Crippen molar-refractivity contribution in [3.05, 3.63) is 52.5 Å². The Morgan fingerprint density at radius 1 is 1.33 bits per heavy atom. The zero-order valence-electron chi connectivity index (χ0n) is 9.21. The lowest BCUT2D eigenvalue weighted by Crippen LogP contribution is -2.02. The van der Waals surface area contributed by atoms with Gasteiger partial charge >= 0.3 is 5.97 Å². The third-order valence-corrected chi connectivity index (χ3v) is 2.81. The number of carboxylic acids is 1. The summed E-state index contributed by atoms with van der Waals surface area (Å²) in [5, 5.41) is 8.89. The number of hydrogen-bond donors (Lipinski definition) is 1. The number of carboxylic acid groups (broad SMARTS) is 1. The van der Waals surface area contributed by atoms with E-state index in [1.54, 1.807) is 24.5 Å². The molecule has 0 fully saturated rings. The zero-order valence-corrected chi connectivity index (χ0v) is 10.8. The average molecular weight is 309 g/mol. The summed E-state index contributed by atoms with van der Waals surface area (Å²) in [6.45, 7) is 0.183. The average Bonchev–Trinajstić information content (AvgIpc) is 2.38. The monoisotopic (exact) mass is 308 g/mol. The van der Waals surface area contributed by atoms with Gasteiger partial charge in [-0.2, -0.15) is 0 Å². The molecule has 0 spiro atoms. The Hall–Kier alpha value is -1.95. The van der Waals surface area contributed by atoms with E-state index in [1.807, 2.05) is 0 Å². The second-order valence-electron chi connectivity index (χ2n) is 3.40. The molecule has 0 atom stereocenters. The van der Waals surface area contributed by atoms with Crippen molar-refractivity contribution in [3.63, 3.8) is 0 Å². The molecule has 1 heterocycles. The molecular formula is C12H9BrN2O3. The quantitative estimate of drug-likeness (QED) is 0.939. The van der Waals surface area contributed by atoms with Crippen LogP contribution in [0.4, 0.5) is 0 Å². The normalized spacial score (nSPS) is 10.1. The van der Waals surface area contributed by atoms with E-state index < -0.39 is 5.97 Å². The zero-order chi connectivity index (χ0) is 13.0. The minimum Gasteiger partial charge on any atom is -0.484 e. The summed E-state index contributed by atoms with van der Waals surface area (Å²) in [5.41, 5.74) is 0.169. The van der Waals surface area contributed by atoms with Gasteiger partial charge in [0.2, 0.25) is 0 Å². The van der Waals surface area contributed by atoms with Crippen LogP contribution in [0.5, 0.6) is 5.75 Å². The van der Waals surface area contributed by atoms with E-state index in [0.717, 1.165) is 0 Å². The maximum Gasteiger partial charge on any atom is 0.335 e. The highest BCUT2D eigenvalue weighted by molar-refractivity contribution is 9.10. The van der Waals surface area contributed by atoms with Crippen LogP contribution in [0.1, 0.15) is 16.2 Å². The fourth-order valence-electron chi connectivity index (χ4n) is 1.29. The predicted molar refractivity (Wildman–Crippen MR) is 67.5 cm³/mol. The van der Waals surface area contributed by atoms with Gasteiger partial charge in [-0.3, -0.25) is 0 Å². The summed E-state index contributed by atoms with van der Waals surface area (Å²) in [5.74, 6) is -0.0178. The van der Waals surface area contributed by atoms with Crippen LogP contribution in [0, 0.1) is 0 Å². The second kappa shape index (κ2) is 5.59. The summed E-state index contributed by atoms with van der Waals surface area (Å²) in [6.07, 6.45) is 3.24. The first-order valence-electron chi connectivity index (χ1n) is 5.08. The third kappa shape index (κ3) is 3.04. The molecule has 2 aromatic rings. The largest absolute Gasteiger partial charge is 0.484 e. The van der Waals surface area contributed by atoms with Crippen molar-refractivity contribution < 1.29 is 14.6 Å². The molecule has 0 aliphatic carbocycles. The smallest absolute Gasteiger partial charge is 0.335 e. The number of rotatable bonds is 4. The van der Waals surface area contributed by atoms with Gasteiger partial charge in [0.25, 0.3) is 0 Å². The van der Waals surface area contributed by atoms with Crippen LogP contribution in [-0.2, 0) is 6.61 Å². The van der Waals surface area contributed by atoms with Crippen molar-refractivity contribution in [2.24, 2.45) is 0 Å². The van der Waals surface area contributed by atoms with Crippen molar-refractivity contribution in [1.82, 2.24) is 9.97 Å².